The number of H-pyrrole nitrogens is 1. The largest absolute Gasteiger partial charge is 0.338 e. The Hall–Kier alpha value is -2.27. The standard InChI is InChI=1S/C15H15N3OS/c1-20(19,15-17-11-12-18-15,13-7-3-2-4-8-13)14-9-5-6-10-16-14/h2-12H,1H3,(H,17,18). The topological polar surface area (TPSA) is 58.6 Å². The zero-order chi connectivity index (χ0) is 14.1. The van der Waals surface area contributed by atoms with E-state index in [1.807, 2.05) is 42.5 Å². The lowest BCUT2D eigenvalue weighted by atomic mass is 10.4. The van der Waals surface area contributed by atoms with Gasteiger partial charge in [-0.05, 0) is 24.3 Å². The average molecular weight is 285 g/mol. The van der Waals surface area contributed by atoms with E-state index in [1.165, 1.54) is 0 Å². The fourth-order valence-corrected chi connectivity index (χ4v) is 5.10. The first-order valence-corrected chi connectivity index (χ1v) is 8.60. The number of nitrogens with one attached hydrogen (secondary N) is 1. The minimum atomic E-state index is -3.55. The van der Waals surface area contributed by atoms with Crippen molar-refractivity contribution in [3.63, 3.8) is 0 Å². The van der Waals surface area contributed by atoms with E-state index in [1.54, 1.807) is 30.9 Å². The van der Waals surface area contributed by atoms with Gasteiger partial charge in [0.15, 0.2) is 5.16 Å². The molecule has 0 radical (unpaired) electrons. The van der Waals surface area contributed by atoms with Crippen molar-refractivity contribution in [2.24, 2.45) is 0 Å². The van der Waals surface area contributed by atoms with Gasteiger partial charge >= 0.3 is 0 Å². The summed E-state index contributed by atoms with van der Waals surface area (Å²) in [5.74, 6) is 0. The summed E-state index contributed by atoms with van der Waals surface area (Å²) in [6, 6.07) is 14.8. The summed E-state index contributed by atoms with van der Waals surface area (Å²) in [6.07, 6.45) is 6.66. The monoisotopic (exact) mass is 285 g/mol. The molecule has 0 amide bonds. The van der Waals surface area contributed by atoms with Gasteiger partial charge in [0.1, 0.15) is 5.03 Å². The number of nitrogens with zero attached hydrogens (tertiary/aromatic N) is 2. The SMILES string of the molecule is CS(=O)(c1ccccc1)(c1ccccn1)c1ncc[nH]1. The van der Waals surface area contributed by atoms with Gasteiger partial charge in [-0.1, -0.05) is 24.3 Å². The van der Waals surface area contributed by atoms with E-state index < -0.39 is 9.07 Å². The quantitative estimate of drug-likeness (QED) is 0.805. The summed E-state index contributed by atoms with van der Waals surface area (Å²) >= 11 is 0. The molecule has 1 aromatic carbocycles. The molecule has 0 saturated heterocycles. The lowest BCUT2D eigenvalue weighted by molar-refractivity contribution is 0.646. The molecule has 0 aliphatic rings. The average Bonchev–Trinajstić information content (AvgIpc) is 3.05. The first kappa shape index (κ1) is 12.7. The van der Waals surface area contributed by atoms with Gasteiger partial charge in [0.05, 0.1) is 0 Å². The van der Waals surface area contributed by atoms with Gasteiger partial charge < -0.3 is 4.98 Å². The van der Waals surface area contributed by atoms with Crippen LogP contribution in [-0.2, 0) is 9.07 Å². The minimum Gasteiger partial charge on any atom is -0.338 e. The molecule has 0 aliphatic carbocycles. The molecule has 20 heavy (non-hydrogen) atoms. The Kier molecular flexibility index (Phi) is 2.79. The fourth-order valence-electron chi connectivity index (χ4n) is 2.24. The van der Waals surface area contributed by atoms with Crippen molar-refractivity contribution < 1.29 is 4.21 Å². The number of benzene rings is 1. The number of pyridine rings is 1. The van der Waals surface area contributed by atoms with Crippen LogP contribution in [0.5, 0.6) is 0 Å². The molecule has 1 N–H and O–H groups in total. The van der Waals surface area contributed by atoms with Crippen molar-refractivity contribution in [2.75, 3.05) is 6.26 Å². The van der Waals surface area contributed by atoms with Crippen LogP contribution in [0, 0.1) is 0 Å². The molecule has 3 rings (SSSR count). The Morgan fingerprint density at radius 1 is 0.950 bits per heavy atom. The second kappa shape index (κ2) is 4.38. The molecule has 0 atom stereocenters. The summed E-state index contributed by atoms with van der Waals surface area (Å²) < 4.78 is 14.1. The first-order chi connectivity index (χ1) is 9.62. The van der Waals surface area contributed by atoms with Crippen molar-refractivity contribution in [3.8, 4) is 0 Å². The van der Waals surface area contributed by atoms with E-state index in [-0.39, 0.29) is 0 Å². The van der Waals surface area contributed by atoms with Crippen molar-refractivity contribution in [3.05, 3.63) is 67.1 Å². The van der Waals surface area contributed by atoms with Crippen LogP contribution >= 0.6 is 0 Å². The van der Waals surface area contributed by atoms with Crippen LogP contribution in [0.15, 0.2) is 82.2 Å². The zero-order valence-electron chi connectivity index (χ0n) is 11.1. The summed E-state index contributed by atoms with van der Waals surface area (Å²) in [6.45, 7) is 0. The fraction of sp³-hybridized carbons (Fsp3) is 0.0667. The van der Waals surface area contributed by atoms with E-state index in [0.29, 0.717) is 15.1 Å². The molecule has 0 aliphatic heterocycles. The highest BCUT2D eigenvalue weighted by molar-refractivity contribution is 8.19. The van der Waals surface area contributed by atoms with E-state index in [4.69, 9.17) is 0 Å². The third-order valence-electron chi connectivity index (χ3n) is 3.39. The zero-order valence-corrected chi connectivity index (χ0v) is 11.9. The van der Waals surface area contributed by atoms with E-state index in [2.05, 4.69) is 15.0 Å². The molecular formula is C15H15N3OS. The van der Waals surface area contributed by atoms with Crippen LogP contribution in [0.4, 0.5) is 0 Å². The third-order valence-corrected chi connectivity index (χ3v) is 7.20. The van der Waals surface area contributed by atoms with E-state index in [0.717, 1.165) is 0 Å². The van der Waals surface area contributed by atoms with Crippen molar-refractivity contribution in [1.29, 1.82) is 0 Å². The van der Waals surface area contributed by atoms with Crippen molar-refractivity contribution >= 4 is 9.07 Å². The Bertz CT molecular complexity index is 724. The maximum Gasteiger partial charge on any atom is 0.184 e. The van der Waals surface area contributed by atoms with Crippen LogP contribution in [-0.4, -0.2) is 25.4 Å². The summed E-state index contributed by atoms with van der Waals surface area (Å²) in [5.41, 5.74) is 0. The van der Waals surface area contributed by atoms with Crippen LogP contribution in [0.25, 0.3) is 0 Å². The number of hydrogen-bond donors (Lipinski definition) is 1. The second-order valence-corrected chi connectivity index (χ2v) is 8.66. The number of rotatable bonds is 3. The summed E-state index contributed by atoms with van der Waals surface area (Å²) in [5, 5.41) is 0.956. The highest BCUT2D eigenvalue weighted by atomic mass is 32.3. The van der Waals surface area contributed by atoms with Gasteiger partial charge in [-0.25, -0.2) is 9.97 Å². The molecule has 5 heteroatoms. The first-order valence-electron chi connectivity index (χ1n) is 6.22. The van der Waals surface area contributed by atoms with Gasteiger partial charge in [0, 0.05) is 38.8 Å². The van der Waals surface area contributed by atoms with Crippen LogP contribution in [0.2, 0.25) is 0 Å². The lowest BCUT2D eigenvalue weighted by Crippen LogP contribution is -2.34. The predicted octanol–water partition coefficient (Wildman–Crippen LogP) is 2.73. The molecule has 0 spiro atoms. The van der Waals surface area contributed by atoms with Gasteiger partial charge in [-0.3, -0.25) is 4.21 Å². The maximum absolute atomic E-state index is 14.1. The molecule has 4 nitrogen and oxygen atoms in total. The Morgan fingerprint density at radius 3 is 2.30 bits per heavy atom. The van der Waals surface area contributed by atoms with E-state index >= 15 is 0 Å². The number of aromatic nitrogens is 3. The Balaban J connectivity index is 2.39. The van der Waals surface area contributed by atoms with Crippen LogP contribution in [0.3, 0.4) is 0 Å². The summed E-state index contributed by atoms with van der Waals surface area (Å²) in [7, 11) is -3.55. The van der Waals surface area contributed by atoms with Gasteiger partial charge in [-0.15, -0.1) is 0 Å². The molecule has 0 saturated carbocycles. The van der Waals surface area contributed by atoms with Crippen molar-refractivity contribution in [2.45, 2.75) is 15.1 Å². The minimum absolute atomic E-state index is 0.437. The van der Waals surface area contributed by atoms with Gasteiger partial charge in [-0.2, -0.15) is 0 Å². The Labute approximate surface area is 117 Å². The molecule has 0 bridgehead atoms. The smallest absolute Gasteiger partial charge is 0.184 e. The molecule has 102 valence electrons. The number of imidazole rings is 1. The van der Waals surface area contributed by atoms with Gasteiger partial charge in [0.2, 0.25) is 0 Å². The highest BCUT2D eigenvalue weighted by Gasteiger charge is 2.41. The Morgan fingerprint density at radius 2 is 1.70 bits per heavy atom. The highest BCUT2D eigenvalue weighted by Crippen LogP contribution is 2.44. The molecular weight excluding hydrogens is 270 g/mol. The maximum atomic E-state index is 14.1. The van der Waals surface area contributed by atoms with Crippen molar-refractivity contribution in [1.82, 2.24) is 15.0 Å². The van der Waals surface area contributed by atoms with E-state index in [9.17, 15) is 4.21 Å². The molecule has 2 heterocycles. The lowest BCUT2D eigenvalue weighted by Gasteiger charge is -2.35. The number of aromatic amines is 1. The molecule has 0 unspecified atom stereocenters. The molecule has 0 fully saturated rings. The molecule has 3 aromatic rings. The van der Waals surface area contributed by atoms with Gasteiger partial charge in [0.25, 0.3) is 0 Å². The number of hydrogen-bond acceptors (Lipinski definition) is 3. The normalized spacial score (nSPS) is 13.6. The van der Waals surface area contributed by atoms with Crippen LogP contribution < -0.4 is 0 Å². The second-order valence-electron chi connectivity index (χ2n) is 4.71. The predicted molar refractivity (Wildman–Crippen MR) is 78.1 cm³/mol. The molecule has 2 aromatic heterocycles. The third kappa shape index (κ3) is 1.71. The summed E-state index contributed by atoms with van der Waals surface area (Å²) in [4.78, 5) is 12.3. The van der Waals surface area contributed by atoms with Crippen LogP contribution in [0.1, 0.15) is 0 Å².